The quantitative estimate of drug-likeness (QED) is 0.809. The van der Waals surface area contributed by atoms with Gasteiger partial charge >= 0.3 is 0 Å². The highest BCUT2D eigenvalue weighted by atomic mass is 79.9. The minimum absolute atomic E-state index is 0. The molecule has 0 atom stereocenters. The Balaban J connectivity index is 0.00000196. The van der Waals surface area contributed by atoms with Crippen molar-refractivity contribution in [2.75, 3.05) is 6.54 Å². The molecule has 0 bridgehead atoms. The zero-order valence-corrected chi connectivity index (χ0v) is 11.7. The zero-order valence-electron chi connectivity index (χ0n) is 9.29. The molecule has 15 heavy (non-hydrogen) atoms. The molecule has 0 aliphatic heterocycles. The van der Waals surface area contributed by atoms with Crippen LogP contribution in [-0.4, -0.2) is 6.54 Å². The van der Waals surface area contributed by atoms with Crippen molar-refractivity contribution >= 4 is 28.3 Å². The maximum absolute atomic E-state index is 3.47. The van der Waals surface area contributed by atoms with Gasteiger partial charge in [-0.15, -0.1) is 12.4 Å². The highest BCUT2D eigenvalue weighted by Gasteiger charge is 1.95. The molecule has 1 N–H and O–H groups in total. The van der Waals surface area contributed by atoms with Crippen LogP contribution in [0.2, 0.25) is 0 Å². The average molecular weight is 293 g/mol. The Morgan fingerprint density at radius 1 is 1.33 bits per heavy atom. The van der Waals surface area contributed by atoms with E-state index in [1.54, 1.807) is 0 Å². The van der Waals surface area contributed by atoms with Gasteiger partial charge in [0.25, 0.3) is 0 Å². The van der Waals surface area contributed by atoms with Crippen molar-refractivity contribution in [2.24, 2.45) is 5.92 Å². The lowest BCUT2D eigenvalue weighted by Gasteiger charge is -2.07. The van der Waals surface area contributed by atoms with Gasteiger partial charge in [0.15, 0.2) is 0 Å². The average Bonchev–Trinajstić information content (AvgIpc) is 2.12. The van der Waals surface area contributed by atoms with Crippen LogP contribution in [0.4, 0.5) is 0 Å². The van der Waals surface area contributed by atoms with E-state index in [9.17, 15) is 0 Å². The molecule has 0 spiro atoms. The molecular weight excluding hydrogens is 273 g/mol. The van der Waals surface area contributed by atoms with E-state index in [0.29, 0.717) is 0 Å². The Labute approximate surface area is 107 Å². The number of halogens is 2. The van der Waals surface area contributed by atoms with Crippen LogP contribution >= 0.6 is 28.3 Å². The van der Waals surface area contributed by atoms with Gasteiger partial charge in [-0.3, -0.25) is 0 Å². The van der Waals surface area contributed by atoms with Crippen LogP contribution in [0.1, 0.15) is 25.8 Å². The largest absolute Gasteiger partial charge is 0.313 e. The van der Waals surface area contributed by atoms with Crippen molar-refractivity contribution in [2.45, 2.75) is 26.8 Å². The second-order valence-electron chi connectivity index (χ2n) is 3.99. The molecule has 3 heteroatoms. The summed E-state index contributed by atoms with van der Waals surface area (Å²) in [5, 5.41) is 3.44. The summed E-state index contributed by atoms with van der Waals surface area (Å²) < 4.78 is 1.15. The van der Waals surface area contributed by atoms with E-state index in [2.05, 4.69) is 59.4 Å². The molecule has 0 heterocycles. The fraction of sp³-hybridized carbons (Fsp3) is 0.500. The van der Waals surface area contributed by atoms with Gasteiger partial charge in [0, 0.05) is 11.0 Å². The molecule has 0 amide bonds. The monoisotopic (exact) mass is 291 g/mol. The lowest BCUT2D eigenvalue weighted by Crippen LogP contribution is -2.16. The third-order valence-electron chi connectivity index (χ3n) is 2.12. The van der Waals surface area contributed by atoms with Crippen molar-refractivity contribution in [3.05, 3.63) is 34.3 Å². The molecule has 1 rings (SSSR count). The van der Waals surface area contributed by atoms with Gasteiger partial charge in [0.1, 0.15) is 0 Å². The number of nitrogens with one attached hydrogen (secondary N) is 1. The second kappa shape index (κ2) is 8.14. The number of rotatable bonds is 5. The van der Waals surface area contributed by atoms with Gasteiger partial charge in [-0.2, -0.15) is 0 Å². The summed E-state index contributed by atoms with van der Waals surface area (Å²) in [5.74, 6) is 0.782. The lowest BCUT2D eigenvalue weighted by atomic mass is 10.1. The molecule has 0 saturated heterocycles. The van der Waals surface area contributed by atoms with Crippen LogP contribution in [0.3, 0.4) is 0 Å². The molecule has 0 aliphatic carbocycles. The van der Waals surface area contributed by atoms with Crippen LogP contribution in [0.5, 0.6) is 0 Å². The van der Waals surface area contributed by atoms with Gasteiger partial charge < -0.3 is 5.32 Å². The van der Waals surface area contributed by atoms with Crippen LogP contribution in [0.15, 0.2) is 28.7 Å². The molecule has 0 saturated carbocycles. The van der Waals surface area contributed by atoms with Crippen molar-refractivity contribution in [3.8, 4) is 0 Å². The van der Waals surface area contributed by atoms with Crippen LogP contribution in [-0.2, 0) is 6.54 Å². The first kappa shape index (κ1) is 14.9. The fourth-order valence-electron chi connectivity index (χ4n) is 1.27. The standard InChI is InChI=1S/C12H18BrN.ClH/c1-10(2)6-7-14-9-11-4-3-5-12(13)8-11;/h3-5,8,10,14H,6-7,9H2,1-2H3;1H. The van der Waals surface area contributed by atoms with Crippen LogP contribution < -0.4 is 5.32 Å². The molecule has 0 aliphatic rings. The van der Waals surface area contributed by atoms with Gasteiger partial charge in [-0.25, -0.2) is 0 Å². The minimum Gasteiger partial charge on any atom is -0.313 e. The number of hydrogen-bond acceptors (Lipinski definition) is 1. The van der Waals surface area contributed by atoms with Crippen molar-refractivity contribution in [1.82, 2.24) is 5.32 Å². The number of hydrogen-bond donors (Lipinski definition) is 1. The third kappa shape index (κ3) is 6.93. The van der Waals surface area contributed by atoms with E-state index >= 15 is 0 Å². The molecule has 1 nitrogen and oxygen atoms in total. The molecule has 1 aromatic rings. The molecule has 0 radical (unpaired) electrons. The Hall–Kier alpha value is -0.0500. The van der Waals surface area contributed by atoms with E-state index in [0.717, 1.165) is 23.5 Å². The van der Waals surface area contributed by atoms with Gasteiger partial charge in [0.05, 0.1) is 0 Å². The highest BCUT2D eigenvalue weighted by molar-refractivity contribution is 9.10. The first-order valence-corrected chi connectivity index (χ1v) is 5.93. The van der Waals surface area contributed by atoms with Crippen molar-refractivity contribution < 1.29 is 0 Å². The van der Waals surface area contributed by atoms with Crippen molar-refractivity contribution in [3.63, 3.8) is 0 Å². The van der Waals surface area contributed by atoms with E-state index in [1.165, 1.54) is 12.0 Å². The second-order valence-corrected chi connectivity index (χ2v) is 4.90. The Morgan fingerprint density at radius 3 is 2.67 bits per heavy atom. The first-order chi connectivity index (χ1) is 6.68. The fourth-order valence-corrected chi connectivity index (χ4v) is 1.72. The Bertz CT molecular complexity index is 276. The van der Waals surface area contributed by atoms with E-state index in [-0.39, 0.29) is 12.4 Å². The predicted molar refractivity (Wildman–Crippen MR) is 72.6 cm³/mol. The van der Waals surface area contributed by atoms with Gasteiger partial charge in [-0.1, -0.05) is 41.9 Å². The molecular formula is C12H19BrClN. The number of benzene rings is 1. The molecule has 86 valence electrons. The van der Waals surface area contributed by atoms with Crippen LogP contribution in [0, 0.1) is 5.92 Å². The topological polar surface area (TPSA) is 12.0 Å². The van der Waals surface area contributed by atoms with Gasteiger partial charge in [0.2, 0.25) is 0 Å². The third-order valence-corrected chi connectivity index (χ3v) is 2.61. The van der Waals surface area contributed by atoms with E-state index in [1.807, 2.05) is 0 Å². The maximum atomic E-state index is 3.47. The predicted octanol–water partition coefficient (Wildman–Crippen LogP) is 4.01. The summed E-state index contributed by atoms with van der Waals surface area (Å²) in [5.41, 5.74) is 1.34. The molecule has 0 unspecified atom stereocenters. The SMILES string of the molecule is CC(C)CCNCc1cccc(Br)c1.Cl. The van der Waals surface area contributed by atoms with Gasteiger partial charge in [-0.05, 0) is 36.6 Å². The Morgan fingerprint density at radius 2 is 2.07 bits per heavy atom. The van der Waals surface area contributed by atoms with Crippen molar-refractivity contribution in [1.29, 1.82) is 0 Å². The summed E-state index contributed by atoms with van der Waals surface area (Å²) in [4.78, 5) is 0. The first-order valence-electron chi connectivity index (χ1n) is 5.13. The summed E-state index contributed by atoms with van der Waals surface area (Å²) >= 11 is 3.47. The zero-order chi connectivity index (χ0) is 10.4. The molecule has 0 aromatic heterocycles. The van der Waals surface area contributed by atoms with Crippen LogP contribution in [0.25, 0.3) is 0 Å². The summed E-state index contributed by atoms with van der Waals surface area (Å²) in [6, 6.07) is 8.43. The summed E-state index contributed by atoms with van der Waals surface area (Å²) in [7, 11) is 0. The highest BCUT2D eigenvalue weighted by Crippen LogP contribution is 2.11. The Kier molecular flexibility index (Phi) is 8.12. The summed E-state index contributed by atoms with van der Waals surface area (Å²) in [6.07, 6.45) is 1.24. The lowest BCUT2D eigenvalue weighted by molar-refractivity contribution is 0.537. The summed E-state index contributed by atoms with van der Waals surface area (Å²) in [6.45, 7) is 6.57. The smallest absolute Gasteiger partial charge is 0.0205 e. The molecule has 0 fully saturated rings. The van der Waals surface area contributed by atoms with E-state index in [4.69, 9.17) is 0 Å². The minimum atomic E-state index is 0. The van der Waals surface area contributed by atoms with E-state index < -0.39 is 0 Å². The normalized spacial score (nSPS) is 10.1. The maximum Gasteiger partial charge on any atom is 0.0205 e. The molecule has 1 aromatic carbocycles.